The van der Waals surface area contributed by atoms with Crippen LogP contribution in [0.3, 0.4) is 0 Å². The van der Waals surface area contributed by atoms with Crippen molar-refractivity contribution >= 4 is 17.5 Å². The van der Waals surface area contributed by atoms with E-state index in [2.05, 4.69) is 20.8 Å². The molecule has 0 saturated heterocycles. The Hall–Kier alpha value is -2.63. The Kier molecular flexibility index (Phi) is 4.71. The number of carbonyl (C=O) groups excluding carboxylic acids is 1. The topological polar surface area (TPSA) is 76.1 Å². The Morgan fingerprint density at radius 1 is 1.04 bits per heavy atom. The van der Waals surface area contributed by atoms with Gasteiger partial charge in [-0.15, -0.1) is 10.2 Å². The van der Waals surface area contributed by atoms with E-state index in [1.54, 1.807) is 37.4 Å². The minimum Gasteiger partial charge on any atom is -0.497 e. The lowest BCUT2D eigenvalue weighted by atomic mass is 10.2. The summed E-state index contributed by atoms with van der Waals surface area (Å²) in [5.74, 6) is 1.67. The van der Waals surface area contributed by atoms with Crippen molar-refractivity contribution < 1.29 is 9.53 Å². The third kappa shape index (κ3) is 3.97. The number of benzene rings is 1. The van der Waals surface area contributed by atoms with Gasteiger partial charge in [-0.25, -0.2) is 0 Å². The van der Waals surface area contributed by atoms with Gasteiger partial charge in [0.25, 0.3) is 5.91 Å². The van der Waals surface area contributed by atoms with Crippen LogP contribution >= 0.6 is 0 Å². The van der Waals surface area contributed by atoms with Crippen molar-refractivity contribution in [2.24, 2.45) is 0 Å². The molecule has 0 atom stereocenters. The molecular weight excluding hydrogens is 292 g/mol. The molecule has 0 spiro atoms. The van der Waals surface area contributed by atoms with Crippen molar-refractivity contribution in [3.8, 4) is 5.75 Å². The average Bonchev–Trinajstić information content (AvgIpc) is 3.10. The van der Waals surface area contributed by atoms with Gasteiger partial charge in [-0.2, -0.15) is 0 Å². The highest BCUT2D eigenvalue weighted by molar-refractivity contribution is 6.03. The highest BCUT2D eigenvalue weighted by atomic mass is 16.5. The van der Waals surface area contributed by atoms with Crippen LogP contribution < -0.4 is 15.4 Å². The molecule has 1 aliphatic rings. The first kappa shape index (κ1) is 15.3. The van der Waals surface area contributed by atoms with Gasteiger partial charge >= 0.3 is 0 Å². The lowest BCUT2D eigenvalue weighted by Crippen LogP contribution is -2.17. The van der Waals surface area contributed by atoms with Gasteiger partial charge in [0.15, 0.2) is 5.82 Å². The van der Waals surface area contributed by atoms with E-state index in [1.807, 2.05) is 6.07 Å². The molecule has 1 heterocycles. The van der Waals surface area contributed by atoms with Gasteiger partial charge in [0.2, 0.25) is 0 Å². The van der Waals surface area contributed by atoms with E-state index in [9.17, 15) is 4.79 Å². The van der Waals surface area contributed by atoms with Crippen LogP contribution in [0, 0.1) is 0 Å². The van der Waals surface area contributed by atoms with Crippen LogP contribution in [0.4, 0.5) is 11.6 Å². The molecule has 0 bridgehead atoms. The highest BCUT2D eigenvalue weighted by Crippen LogP contribution is 2.21. The summed E-state index contributed by atoms with van der Waals surface area (Å²) in [4.78, 5) is 12.1. The molecule has 1 fully saturated rings. The van der Waals surface area contributed by atoms with Crippen LogP contribution in [0.5, 0.6) is 5.75 Å². The first-order chi connectivity index (χ1) is 11.2. The second-order valence-corrected chi connectivity index (χ2v) is 5.61. The molecule has 2 N–H and O–H groups in total. The normalized spacial score (nSPS) is 14.5. The Morgan fingerprint density at radius 3 is 2.30 bits per heavy atom. The maximum atomic E-state index is 12.1. The quantitative estimate of drug-likeness (QED) is 0.887. The number of nitrogens with zero attached hydrogens (tertiary/aromatic N) is 2. The van der Waals surface area contributed by atoms with Crippen molar-refractivity contribution in [1.82, 2.24) is 10.2 Å². The number of nitrogens with one attached hydrogen (secondary N) is 2. The van der Waals surface area contributed by atoms with Gasteiger partial charge in [0, 0.05) is 11.6 Å². The summed E-state index contributed by atoms with van der Waals surface area (Å²) in [5.41, 5.74) is 0.542. The van der Waals surface area contributed by atoms with Crippen LogP contribution in [0.1, 0.15) is 36.0 Å². The van der Waals surface area contributed by atoms with Crippen LogP contribution in [0.25, 0.3) is 0 Å². The molecule has 23 heavy (non-hydrogen) atoms. The fourth-order valence-electron chi connectivity index (χ4n) is 2.69. The number of aromatic nitrogens is 2. The van der Waals surface area contributed by atoms with Crippen LogP contribution in [-0.4, -0.2) is 29.3 Å². The van der Waals surface area contributed by atoms with Gasteiger partial charge in [0.1, 0.15) is 11.6 Å². The Labute approximate surface area is 135 Å². The minimum absolute atomic E-state index is 0.224. The first-order valence-corrected chi connectivity index (χ1v) is 7.80. The maximum absolute atomic E-state index is 12.1. The fourth-order valence-corrected chi connectivity index (χ4v) is 2.69. The third-order valence-electron chi connectivity index (χ3n) is 3.97. The molecule has 1 aliphatic carbocycles. The van der Waals surface area contributed by atoms with Crippen molar-refractivity contribution in [1.29, 1.82) is 0 Å². The van der Waals surface area contributed by atoms with Gasteiger partial charge < -0.3 is 15.4 Å². The van der Waals surface area contributed by atoms with Crippen LogP contribution in [0.2, 0.25) is 0 Å². The van der Waals surface area contributed by atoms with Crippen molar-refractivity contribution in [3.63, 3.8) is 0 Å². The van der Waals surface area contributed by atoms with E-state index in [1.165, 1.54) is 25.7 Å². The third-order valence-corrected chi connectivity index (χ3v) is 3.97. The van der Waals surface area contributed by atoms with E-state index >= 15 is 0 Å². The van der Waals surface area contributed by atoms with Crippen molar-refractivity contribution in [2.45, 2.75) is 31.7 Å². The van der Waals surface area contributed by atoms with Crippen molar-refractivity contribution in [3.05, 3.63) is 42.0 Å². The van der Waals surface area contributed by atoms with E-state index in [0.29, 0.717) is 23.2 Å². The molecule has 1 aromatic carbocycles. The lowest BCUT2D eigenvalue weighted by Gasteiger charge is -2.12. The summed E-state index contributed by atoms with van der Waals surface area (Å²) >= 11 is 0. The monoisotopic (exact) mass is 312 g/mol. The second kappa shape index (κ2) is 7.09. The minimum atomic E-state index is -0.224. The molecule has 0 aliphatic heterocycles. The highest BCUT2D eigenvalue weighted by Gasteiger charge is 2.15. The van der Waals surface area contributed by atoms with Crippen molar-refractivity contribution in [2.75, 3.05) is 17.7 Å². The summed E-state index contributed by atoms with van der Waals surface area (Å²) in [7, 11) is 1.59. The Morgan fingerprint density at radius 2 is 1.70 bits per heavy atom. The number of amides is 1. The Bertz CT molecular complexity index is 649. The number of ether oxygens (including phenoxy) is 1. The average molecular weight is 312 g/mol. The Balaban J connectivity index is 1.59. The summed E-state index contributed by atoms with van der Waals surface area (Å²) in [5, 5.41) is 14.3. The molecule has 0 unspecified atom stereocenters. The van der Waals surface area contributed by atoms with Gasteiger partial charge in [-0.3, -0.25) is 4.79 Å². The van der Waals surface area contributed by atoms with E-state index in [0.717, 1.165) is 5.82 Å². The second-order valence-electron chi connectivity index (χ2n) is 5.61. The molecule has 120 valence electrons. The number of anilines is 2. The zero-order valence-electron chi connectivity index (χ0n) is 13.1. The maximum Gasteiger partial charge on any atom is 0.256 e. The zero-order chi connectivity index (χ0) is 16.1. The molecule has 6 nitrogen and oxygen atoms in total. The number of methoxy groups -OCH3 is 1. The lowest BCUT2D eigenvalue weighted by molar-refractivity contribution is 0.102. The standard InChI is InChI=1S/C17H20N4O2/c1-23-14-8-6-12(7-9-14)17(22)19-16-11-10-15(20-21-16)18-13-4-2-3-5-13/h6-11,13H,2-5H2,1H3,(H,18,20)(H,19,21,22). The smallest absolute Gasteiger partial charge is 0.256 e. The van der Waals surface area contributed by atoms with Crippen LogP contribution in [-0.2, 0) is 0 Å². The summed E-state index contributed by atoms with van der Waals surface area (Å²) in [6, 6.07) is 11.0. The molecule has 0 radical (unpaired) electrons. The summed E-state index contributed by atoms with van der Waals surface area (Å²) < 4.78 is 5.07. The SMILES string of the molecule is COc1ccc(C(=O)Nc2ccc(NC3CCCC3)nn2)cc1. The zero-order valence-corrected chi connectivity index (χ0v) is 13.1. The molecule has 3 rings (SSSR count). The van der Waals surface area contributed by atoms with Gasteiger partial charge in [-0.05, 0) is 49.2 Å². The van der Waals surface area contributed by atoms with Gasteiger partial charge in [0.05, 0.1) is 7.11 Å². The largest absolute Gasteiger partial charge is 0.497 e. The first-order valence-electron chi connectivity index (χ1n) is 7.80. The molecule has 1 amide bonds. The number of hydrogen-bond acceptors (Lipinski definition) is 5. The molecule has 2 aromatic rings. The summed E-state index contributed by atoms with van der Waals surface area (Å²) in [6.07, 6.45) is 4.89. The van der Waals surface area contributed by atoms with E-state index < -0.39 is 0 Å². The molecule has 1 saturated carbocycles. The molecule has 1 aromatic heterocycles. The molecular formula is C17H20N4O2. The summed E-state index contributed by atoms with van der Waals surface area (Å²) in [6.45, 7) is 0. The molecule has 6 heteroatoms. The van der Waals surface area contributed by atoms with Crippen LogP contribution in [0.15, 0.2) is 36.4 Å². The number of hydrogen-bond donors (Lipinski definition) is 2. The number of carbonyl (C=O) groups is 1. The van der Waals surface area contributed by atoms with E-state index in [-0.39, 0.29) is 5.91 Å². The predicted octanol–water partition coefficient (Wildman–Crippen LogP) is 3.09. The predicted molar refractivity (Wildman–Crippen MR) is 88.9 cm³/mol. The van der Waals surface area contributed by atoms with E-state index in [4.69, 9.17) is 4.74 Å². The fraction of sp³-hybridized carbons (Fsp3) is 0.353. The van der Waals surface area contributed by atoms with Gasteiger partial charge in [-0.1, -0.05) is 12.8 Å². The number of rotatable bonds is 5.